The Kier molecular flexibility index (Phi) is 4.34. The van der Waals surface area contributed by atoms with Gasteiger partial charge < -0.3 is 4.42 Å². The van der Waals surface area contributed by atoms with Crippen LogP contribution in [-0.2, 0) is 32.4 Å². The van der Waals surface area contributed by atoms with Gasteiger partial charge in [-0.3, -0.25) is 9.47 Å². The standard InChI is InChI=1S/C13H16F2N4O2S/c1-17-13(20)19-5-4-18(7-11(19)16-17)6-9-2-3-10(21-9)8-22-12(14)15/h2-3,12H,4-8H2,1H3. The van der Waals surface area contributed by atoms with Gasteiger partial charge in [-0.15, -0.1) is 0 Å². The molecular weight excluding hydrogens is 314 g/mol. The number of rotatable bonds is 5. The van der Waals surface area contributed by atoms with E-state index in [1.807, 2.05) is 6.07 Å². The van der Waals surface area contributed by atoms with Crippen molar-refractivity contribution in [3.8, 4) is 0 Å². The second kappa shape index (κ2) is 6.25. The molecule has 0 N–H and O–H groups in total. The van der Waals surface area contributed by atoms with Crippen molar-refractivity contribution in [3.05, 3.63) is 40.0 Å². The molecule has 2 aromatic heterocycles. The average molecular weight is 330 g/mol. The number of hydrogen-bond acceptors (Lipinski definition) is 5. The van der Waals surface area contributed by atoms with Gasteiger partial charge in [-0.1, -0.05) is 11.8 Å². The lowest BCUT2D eigenvalue weighted by molar-refractivity contribution is 0.191. The number of furan rings is 1. The average Bonchev–Trinajstić information content (AvgIpc) is 3.02. The Morgan fingerprint density at radius 3 is 2.91 bits per heavy atom. The smallest absolute Gasteiger partial charge is 0.345 e. The van der Waals surface area contributed by atoms with Crippen molar-refractivity contribution in [2.45, 2.75) is 31.1 Å². The first kappa shape index (κ1) is 15.3. The van der Waals surface area contributed by atoms with Crippen LogP contribution in [0.25, 0.3) is 0 Å². The highest BCUT2D eigenvalue weighted by atomic mass is 32.2. The van der Waals surface area contributed by atoms with E-state index in [2.05, 4.69) is 10.00 Å². The molecule has 0 atom stereocenters. The summed E-state index contributed by atoms with van der Waals surface area (Å²) in [4.78, 5) is 13.9. The van der Waals surface area contributed by atoms with Crippen LogP contribution in [0.2, 0.25) is 0 Å². The Hall–Kier alpha value is -1.61. The normalized spacial score (nSPS) is 15.5. The maximum absolute atomic E-state index is 12.2. The molecule has 0 bridgehead atoms. The lowest BCUT2D eigenvalue weighted by Gasteiger charge is -2.25. The summed E-state index contributed by atoms with van der Waals surface area (Å²) in [6, 6.07) is 3.53. The third kappa shape index (κ3) is 3.25. The van der Waals surface area contributed by atoms with Crippen LogP contribution in [-0.4, -0.2) is 31.5 Å². The van der Waals surface area contributed by atoms with Gasteiger partial charge in [0.25, 0.3) is 5.76 Å². The minimum absolute atomic E-state index is 0.0982. The molecule has 3 rings (SSSR count). The molecule has 0 aromatic carbocycles. The zero-order chi connectivity index (χ0) is 15.7. The van der Waals surface area contributed by atoms with Gasteiger partial charge in [-0.05, 0) is 12.1 Å². The van der Waals surface area contributed by atoms with E-state index in [-0.39, 0.29) is 11.4 Å². The summed E-state index contributed by atoms with van der Waals surface area (Å²) in [5.41, 5.74) is -0.0982. The first-order valence-corrected chi connectivity index (χ1v) is 7.90. The number of aromatic nitrogens is 3. The van der Waals surface area contributed by atoms with E-state index in [1.54, 1.807) is 17.7 Å². The highest BCUT2D eigenvalue weighted by Crippen LogP contribution is 2.22. The number of aryl methyl sites for hydroxylation is 1. The molecule has 3 heterocycles. The molecule has 1 aliphatic heterocycles. The molecule has 0 saturated carbocycles. The van der Waals surface area contributed by atoms with Crippen LogP contribution in [0.4, 0.5) is 8.78 Å². The predicted molar refractivity (Wildman–Crippen MR) is 77.6 cm³/mol. The molecular formula is C13H16F2N4O2S. The summed E-state index contributed by atoms with van der Waals surface area (Å²) < 4.78 is 32.9. The fourth-order valence-corrected chi connectivity index (χ4v) is 2.95. The lowest BCUT2D eigenvalue weighted by Crippen LogP contribution is -2.37. The van der Waals surface area contributed by atoms with Crippen LogP contribution in [0.3, 0.4) is 0 Å². The minimum atomic E-state index is -2.39. The number of nitrogens with zero attached hydrogens (tertiary/aromatic N) is 4. The van der Waals surface area contributed by atoms with Crippen molar-refractivity contribution in [3.63, 3.8) is 0 Å². The maximum atomic E-state index is 12.2. The minimum Gasteiger partial charge on any atom is -0.464 e. The Morgan fingerprint density at radius 2 is 2.14 bits per heavy atom. The second-order valence-electron chi connectivity index (χ2n) is 5.12. The third-order valence-electron chi connectivity index (χ3n) is 3.54. The summed E-state index contributed by atoms with van der Waals surface area (Å²) in [5, 5.41) is 4.20. The zero-order valence-corrected chi connectivity index (χ0v) is 12.9. The van der Waals surface area contributed by atoms with Gasteiger partial charge in [0.15, 0.2) is 0 Å². The molecule has 6 nitrogen and oxygen atoms in total. The third-order valence-corrected chi connectivity index (χ3v) is 4.24. The summed E-state index contributed by atoms with van der Waals surface area (Å²) >= 11 is 0.547. The molecule has 0 fully saturated rings. The molecule has 22 heavy (non-hydrogen) atoms. The predicted octanol–water partition coefficient (Wildman–Crippen LogP) is 1.65. The van der Waals surface area contributed by atoms with Crippen LogP contribution in [0.1, 0.15) is 17.3 Å². The number of thioether (sulfide) groups is 1. The van der Waals surface area contributed by atoms with E-state index in [4.69, 9.17) is 4.42 Å². The van der Waals surface area contributed by atoms with Crippen molar-refractivity contribution in [1.29, 1.82) is 0 Å². The first-order chi connectivity index (χ1) is 10.5. The summed E-state index contributed by atoms with van der Waals surface area (Å²) in [6.07, 6.45) is 0. The van der Waals surface area contributed by atoms with E-state index < -0.39 is 5.76 Å². The summed E-state index contributed by atoms with van der Waals surface area (Å²) in [5.74, 6) is -0.212. The van der Waals surface area contributed by atoms with Gasteiger partial charge in [0.05, 0.1) is 18.8 Å². The number of fused-ring (bicyclic) bond motifs is 1. The van der Waals surface area contributed by atoms with E-state index in [0.29, 0.717) is 37.2 Å². The van der Waals surface area contributed by atoms with Gasteiger partial charge in [-0.2, -0.15) is 13.9 Å². The number of alkyl halides is 2. The van der Waals surface area contributed by atoms with Crippen LogP contribution in [0.5, 0.6) is 0 Å². The Labute approximate surface area is 129 Å². The quantitative estimate of drug-likeness (QED) is 0.834. The molecule has 0 saturated heterocycles. The van der Waals surface area contributed by atoms with Crippen molar-refractivity contribution >= 4 is 11.8 Å². The Morgan fingerprint density at radius 1 is 1.36 bits per heavy atom. The first-order valence-electron chi connectivity index (χ1n) is 6.85. The fourth-order valence-electron chi connectivity index (χ4n) is 2.50. The molecule has 1 aliphatic rings. The van der Waals surface area contributed by atoms with Crippen LogP contribution in [0, 0.1) is 0 Å². The van der Waals surface area contributed by atoms with Gasteiger partial charge in [0, 0.05) is 20.1 Å². The van der Waals surface area contributed by atoms with E-state index in [1.165, 1.54) is 4.68 Å². The molecule has 0 amide bonds. The molecule has 120 valence electrons. The van der Waals surface area contributed by atoms with Crippen LogP contribution < -0.4 is 5.69 Å². The number of halogens is 2. The highest BCUT2D eigenvalue weighted by Gasteiger charge is 2.21. The largest absolute Gasteiger partial charge is 0.464 e. The van der Waals surface area contributed by atoms with Crippen molar-refractivity contribution in [1.82, 2.24) is 19.2 Å². The van der Waals surface area contributed by atoms with Crippen molar-refractivity contribution in [2.24, 2.45) is 7.05 Å². The second-order valence-corrected chi connectivity index (χ2v) is 6.10. The van der Waals surface area contributed by atoms with Crippen LogP contribution in [0.15, 0.2) is 21.3 Å². The topological polar surface area (TPSA) is 56.2 Å². The Bertz CT molecular complexity index is 709. The Balaban J connectivity index is 1.61. The lowest BCUT2D eigenvalue weighted by atomic mass is 10.3. The van der Waals surface area contributed by atoms with E-state index >= 15 is 0 Å². The highest BCUT2D eigenvalue weighted by molar-refractivity contribution is 7.98. The SMILES string of the molecule is Cn1nc2n(c1=O)CCN(Cc1ccc(CSC(F)F)o1)C2. The van der Waals surface area contributed by atoms with Crippen molar-refractivity contribution in [2.75, 3.05) is 6.54 Å². The van der Waals surface area contributed by atoms with Crippen molar-refractivity contribution < 1.29 is 13.2 Å². The van der Waals surface area contributed by atoms with E-state index in [0.717, 1.165) is 18.1 Å². The summed E-state index contributed by atoms with van der Waals surface area (Å²) in [7, 11) is 1.64. The molecule has 0 radical (unpaired) electrons. The number of hydrogen-bond donors (Lipinski definition) is 0. The molecule has 9 heteroatoms. The molecule has 0 spiro atoms. The van der Waals surface area contributed by atoms with Gasteiger partial charge in [0.1, 0.15) is 17.3 Å². The molecule has 2 aromatic rings. The zero-order valence-electron chi connectivity index (χ0n) is 12.0. The summed E-state index contributed by atoms with van der Waals surface area (Å²) in [6.45, 7) is 2.46. The molecule has 0 unspecified atom stereocenters. The monoisotopic (exact) mass is 330 g/mol. The van der Waals surface area contributed by atoms with Crippen LogP contribution >= 0.6 is 11.8 Å². The van der Waals surface area contributed by atoms with Gasteiger partial charge >= 0.3 is 5.69 Å². The maximum Gasteiger partial charge on any atom is 0.345 e. The van der Waals surface area contributed by atoms with E-state index in [9.17, 15) is 13.6 Å². The van der Waals surface area contributed by atoms with Gasteiger partial charge in [-0.25, -0.2) is 9.48 Å². The fraction of sp³-hybridized carbons (Fsp3) is 0.538. The van der Waals surface area contributed by atoms with Gasteiger partial charge in [0.2, 0.25) is 0 Å². The molecule has 0 aliphatic carbocycles.